The summed E-state index contributed by atoms with van der Waals surface area (Å²) in [5.41, 5.74) is 0.152. The fourth-order valence-corrected chi connectivity index (χ4v) is 2.94. The van der Waals surface area contributed by atoms with Gasteiger partial charge in [-0.25, -0.2) is 14.6 Å². The van der Waals surface area contributed by atoms with Gasteiger partial charge in [0, 0.05) is 5.54 Å². The molecule has 6 nitrogen and oxygen atoms in total. The summed E-state index contributed by atoms with van der Waals surface area (Å²) in [5.74, 6) is 0.0173. The monoisotopic (exact) mass is 332 g/mol. The lowest BCUT2D eigenvalue weighted by molar-refractivity contribution is 0.0411. The Bertz CT molecular complexity index is 818. The van der Waals surface area contributed by atoms with Crippen LogP contribution < -0.4 is 5.63 Å². The predicted molar refractivity (Wildman–Crippen MR) is 92.2 cm³/mol. The standard InChI is InChI=1S/C18H24N2O4/c1-10(2)14(20(17(22)23)18(4,5)6)15-19-12-9-7-8-11(3)13(12)16(21)24-15/h7-10,14H,1-6H3,(H,22,23). The summed E-state index contributed by atoms with van der Waals surface area (Å²) in [4.78, 5) is 30.0. The van der Waals surface area contributed by atoms with Gasteiger partial charge in [-0.3, -0.25) is 4.90 Å². The zero-order valence-corrected chi connectivity index (χ0v) is 15.0. The summed E-state index contributed by atoms with van der Waals surface area (Å²) < 4.78 is 5.45. The van der Waals surface area contributed by atoms with Crippen molar-refractivity contribution < 1.29 is 14.3 Å². The summed E-state index contributed by atoms with van der Waals surface area (Å²) in [6, 6.07) is 4.72. The van der Waals surface area contributed by atoms with Gasteiger partial charge in [-0.2, -0.15) is 0 Å². The SMILES string of the molecule is Cc1cccc2nc(C(C(C)C)N(C(=O)O)C(C)(C)C)oc(=O)c12. The lowest BCUT2D eigenvalue weighted by Gasteiger charge is -2.40. The van der Waals surface area contributed by atoms with Crippen molar-refractivity contribution in [3.8, 4) is 0 Å². The number of hydrogen-bond acceptors (Lipinski definition) is 4. The Balaban J connectivity index is 2.71. The molecule has 24 heavy (non-hydrogen) atoms. The summed E-state index contributed by atoms with van der Waals surface area (Å²) in [5, 5.41) is 10.1. The largest absolute Gasteiger partial charge is 0.465 e. The molecule has 1 heterocycles. The predicted octanol–water partition coefficient (Wildman–Crippen LogP) is 3.97. The molecule has 130 valence electrons. The van der Waals surface area contributed by atoms with Gasteiger partial charge < -0.3 is 9.52 Å². The number of hydrogen-bond donors (Lipinski definition) is 1. The third-order valence-electron chi connectivity index (χ3n) is 3.97. The molecule has 0 radical (unpaired) electrons. The van der Waals surface area contributed by atoms with Crippen molar-refractivity contribution in [1.29, 1.82) is 0 Å². The Labute approximate surface area is 141 Å². The van der Waals surface area contributed by atoms with Gasteiger partial charge in [0.2, 0.25) is 5.89 Å². The minimum Gasteiger partial charge on any atom is -0.465 e. The van der Waals surface area contributed by atoms with E-state index in [0.29, 0.717) is 10.9 Å². The molecule has 0 spiro atoms. The van der Waals surface area contributed by atoms with Crippen molar-refractivity contribution in [3.63, 3.8) is 0 Å². The number of nitrogens with zero attached hydrogens (tertiary/aromatic N) is 2. The van der Waals surface area contributed by atoms with Crippen molar-refractivity contribution in [2.45, 2.75) is 53.1 Å². The molecule has 0 aliphatic carbocycles. The molecule has 0 aliphatic heterocycles. The number of aromatic nitrogens is 1. The highest BCUT2D eigenvalue weighted by Crippen LogP contribution is 2.33. The highest BCUT2D eigenvalue weighted by atomic mass is 16.4. The molecule has 1 aromatic heterocycles. The van der Waals surface area contributed by atoms with Crippen molar-refractivity contribution in [1.82, 2.24) is 9.88 Å². The molecule has 6 heteroatoms. The fourth-order valence-electron chi connectivity index (χ4n) is 2.94. The number of amides is 1. The number of carbonyl (C=O) groups is 1. The maximum Gasteiger partial charge on any atom is 0.408 e. The van der Waals surface area contributed by atoms with Crippen LogP contribution in [0, 0.1) is 12.8 Å². The van der Waals surface area contributed by atoms with Crippen molar-refractivity contribution in [2.75, 3.05) is 0 Å². The normalized spacial score (nSPS) is 13.3. The van der Waals surface area contributed by atoms with E-state index in [0.717, 1.165) is 5.56 Å². The Kier molecular flexibility index (Phi) is 4.69. The number of rotatable bonds is 3. The van der Waals surface area contributed by atoms with E-state index < -0.39 is 23.3 Å². The molecular weight excluding hydrogens is 308 g/mol. The first-order valence-electron chi connectivity index (χ1n) is 7.96. The molecule has 1 amide bonds. The van der Waals surface area contributed by atoms with Crippen LogP contribution in [0.2, 0.25) is 0 Å². The number of fused-ring (bicyclic) bond motifs is 1. The molecule has 1 aromatic carbocycles. The molecule has 1 unspecified atom stereocenters. The van der Waals surface area contributed by atoms with E-state index in [1.807, 2.05) is 32.9 Å². The second kappa shape index (κ2) is 6.26. The third-order valence-corrected chi connectivity index (χ3v) is 3.97. The highest BCUT2D eigenvalue weighted by Gasteiger charge is 2.38. The first-order valence-corrected chi connectivity index (χ1v) is 7.96. The Morgan fingerprint density at radius 1 is 1.29 bits per heavy atom. The van der Waals surface area contributed by atoms with E-state index in [9.17, 15) is 14.7 Å². The van der Waals surface area contributed by atoms with Crippen LogP contribution in [-0.4, -0.2) is 26.6 Å². The second-order valence-corrected chi connectivity index (χ2v) is 7.32. The van der Waals surface area contributed by atoms with Crippen LogP contribution in [0.5, 0.6) is 0 Å². The molecule has 1 atom stereocenters. The van der Waals surface area contributed by atoms with Gasteiger partial charge in [0.05, 0.1) is 10.9 Å². The van der Waals surface area contributed by atoms with E-state index in [-0.39, 0.29) is 11.8 Å². The quantitative estimate of drug-likeness (QED) is 0.919. The number of benzene rings is 1. The maximum atomic E-state index is 12.4. The van der Waals surface area contributed by atoms with E-state index >= 15 is 0 Å². The Hall–Kier alpha value is -2.37. The molecule has 0 aliphatic rings. The van der Waals surface area contributed by atoms with Crippen molar-refractivity contribution in [3.05, 3.63) is 40.1 Å². The Morgan fingerprint density at radius 2 is 1.92 bits per heavy atom. The van der Waals surface area contributed by atoms with Gasteiger partial charge >= 0.3 is 11.7 Å². The third kappa shape index (κ3) is 3.27. The number of carboxylic acid groups (broad SMARTS) is 1. The van der Waals surface area contributed by atoms with Crippen molar-refractivity contribution >= 4 is 17.0 Å². The van der Waals surface area contributed by atoms with Gasteiger partial charge in [-0.15, -0.1) is 0 Å². The molecule has 0 saturated carbocycles. The van der Waals surface area contributed by atoms with Gasteiger partial charge in [-0.05, 0) is 45.2 Å². The van der Waals surface area contributed by atoms with Crippen LogP contribution in [0.25, 0.3) is 10.9 Å². The van der Waals surface area contributed by atoms with E-state index in [1.165, 1.54) is 4.90 Å². The minimum atomic E-state index is -1.07. The fraction of sp³-hybridized carbons (Fsp3) is 0.500. The zero-order chi connectivity index (χ0) is 18.2. The van der Waals surface area contributed by atoms with E-state index in [1.54, 1.807) is 26.8 Å². The molecule has 0 fully saturated rings. The molecular formula is C18H24N2O4. The molecule has 2 rings (SSSR count). The summed E-state index contributed by atoms with van der Waals surface area (Å²) in [6.07, 6.45) is -1.07. The first-order chi connectivity index (χ1) is 11.0. The molecule has 1 N–H and O–H groups in total. The average Bonchev–Trinajstić information content (AvgIpc) is 2.41. The summed E-state index contributed by atoms with van der Waals surface area (Å²) in [7, 11) is 0. The van der Waals surface area contributed by atoms with Crippen molar-refractivity contribution in [2.24, 2.45) is 5.92 Å². The summed E-state index contributed by atoms with van der Waals surface area (Å²) >= 11 is 0. The zero-order valence-electron chi connectivity index (χ0n) is 15.0. The average molecular weight is 332 g/mol. The number of aryl methyl sites for hydroxylation is 1. The summed E-state index contributed by atoms with van der Waals surface area (Å²) in [6.45, 7) is 11.0. The lowest BCUT2D eigenvalue weighted by atomic mass is 9.96. The Morgan fingerprint density at radius 3 is 2.42 bits per heavy atom. The van der Waals surface area contributed by atoms with E-state index in [4.69, 9.17) is 4.42 Å². The van der Waals surface area contributed by atoms with E-state index in [2.05, 4.69) is 4.98 Å². The van der Waals surface area contributed by atoms with Crippen LogP contribution in [0.3, 0.4) is 0 Å². The van der Waals surface area contributed by atoms with Gasteiger partial charge in [0.25, 0.3) is 0 Å². The van der Waals surface area contributed by atoms with Crippen LogP contribution in [0.4, 0.5) is 4.79 Å². The van der Waals surface area contributed by atoms with Crippen LogP contribution in [0.1, 0.15) is 52.1 Å². The molecule has 0 saturated heterocycles. The molecule has 0 bridgehead atoms. The molecule has 2 aromatic rings. The second-order valence-electron chi connectivity index (χ2n) is 7.32. The van der Waals surface area contributed by atoms with Gasteiger partial charge in [0.1, 0.15) is 6.04 Å². The smallest absolute Gasteiger partial charge is 0.408 e. The van der Waals surface area contributed by atoms with Gasteiger partial charge in [-0.1, -0.05) is 26.0 Å². The topological polar surface area (TPSA) is 83.6 Å². The lowest BCUT2D eigenvalue weighted by Crippen LogP contribution is -2.49. The first kappa shape index (κ1) is 18.0. The van der Waals surface area contributed by atoms with Crippen LogP contribution >= 0.6 is 0 Å². The maximum absolute atomic E-state index is 12.4. The minimum absolute atomic E-state index is 0.113. The van der Waals surface area contributed by atoms with Crippen LogP contribution in [-0.2, 0) is 0 Å². The van der Waals surface area contributed by atoms with Crippen LogP contribution in [0.15, 0.2) is 27.4 Å². The highest BCUT2D eigenvalue weighted by molar-refractivity contribution is 5.80. The van der Waals surface area contributed by atoms with Gasteiger partial charge in [0.15, 0.2) is 0 Å².